The lowest BCUT2D eigenvalue weighted by Crippen LogP contribution is -2.61. The quantitative estimate of drug-likeness (QED) is 0.154. The van der Waals surface area contributed by atoms with Gasteiger partial charge in [-0.25, -0.2) is 0 Å². The van der Waals surface area contributed by atoms with E-state index in [4.69, 9.17) is 0 Å². The van der Waals surface area contributed by atoms with Crippen LogP contribution in [0, 0.1) is 0 Å². The van der Waals surface area contributed by atoms with E-state index in [0.29, 0.717) is 0 Å². The molecule has 3 heterocycles. The first-order valence-electron chi connectivity index (χ1n) is 27.3. The molecular weight excluding hydrogens is 926 g/mol. The van der Waals surface area contributed by atoms with Gasteiger partial charge in [0, 0.05) is 54.6 Å². The Labute approximate surface area is 452 Å². The van der Waals surface area contributed by atoms with Crippen LogP contribution in [0.25, 0.3) is 21.2 Å². The lowest BCUT2D eigenvalue weighted by Gasteiger charge is -2.49. The average Bonchev–Trinajstić information content (AvgIpc) is 3.76. The Morgan fingerprint density at radius 2 is 1.01 bits per heavy atom. The van der Waals surface area contributed by atoms with Gasteiger partial charge in [0.2, 0.25) is 0 Å². The van der Waals surface area contributed by atoms with E-state index in [1.54, 1.807) is 0 Å². The van der Waals surface area contributed by atoms with Crippen LogP contribution in [0.2, 0.25) is 0 Å². The zero-order chi connectivity index (χ0) is 52.6. The van der Waals surface area contributed by atoms with Crippen LogP contribution in [0.5, 0.6) is 0 Å². The molecule has 0 saturated carbocycles. The van der Waals surface area contributed by atoms with Crippen LogP contribution in [0.3, 0.4) is 0 Å². The molecule has 0 amide bonds. The third-order valence-corrected chi connectivity index (χ3v) is 18.1. The molecule has 3 nitrogen and oxygen atoms in total. The third-order valence-electron chi connectivity index (χ3n) is 16.9. The zero-order valence-corrected chi connectivity index (χ0v) is 47.3. The Kier molecular flexibility index (Phi) is 11.4. The summed E-state index contributed by atoms with van der Waals surface area (Å²) in [6.07, 6.45) is 2.26. The van der Waals surface area contributed by atoms with Gasteiger partial charge < -0.3 is 14.7 Å². The van der Waals surface area contributed by atoms with Crippen LogP contribution in [-0.2, 0) is 27.1 Å². The molecule has 1 aromatic heterocycles. The molecule has 376 valence electrons. The lowest BCUT2D eigenvalue weighted by molar-refractivity contribution is 0.333. The van der Waals surface area contributed by atoms with E-state index in [1.165, 1.54) is 98.9 Å². The summed E-state index contributed by atoms with van der Waals surface area (Å²) in [7, 11) is 0. The van der Waals surface area contributed by atoms with Gasteiger partial charge in [0.25, 0.3) is 6.71 Å². The van der Waals surface area contributed by atoms with E-state index < -0.39 is 0 Å². The molecule has 0 bridgehead atoms. The molecule has 75 heavy (non-hydrogen) atoms. The molecule has 3 aliphatic rings. The van der Waals surface area contributed by atoms with Crippen molar-refractivity contribution >= 4 is 95.0 Å². The van der Waals surface area contributed by atoms with E-state index in [9.17, 15) is 0 Å². The number of hydrogen-bond donors (Lipinski definition) is 0. The molecule has 0 N–H and O–H groups in total. The number of rotatable bonds is 6. The standard InChI is InChI=1S/C70H72BN3S/c1-66(2,3)46-29-33-51(34-30-46)73-58-43-52(72(49-25-19-15-20-26-49)50-27-21-16-22-28-50)44-59-62(58)71(56-36-35-55-61(64(56)73)70(12,13)40-39-69(55,10)11)65-63(54-42-48(68(7,8)9)32-38-60(54)75-65)74(59)57-37-31-47(67(4,5)6)41-53(57)45-23-17-14-18-24-45/h14-38,41-44H,39-40H2,1-13H3. The second kappa shape index (κ2) is 17.4. The van der Waals surface area contributed by atoms with Crippen molar-refractivity contribution in [3.63, 3.8) is 0 Å². The first-order chi connectivity index (χ1) is 35.6. The Morgan fingerprint density at radius 1 is 0.480 bits per heavy atom. The second-order valence-electron chi connectivity index (χ2n) is 26.1. The van der Waals surface area contributed by atoms with Gasteiger partial charge in [0.05, 0.1) is 17.1 Å². The Bertz CT molecular complexity index is 3620. The molecule has 0 unspecified atom stereocenters. The van der Waals surface area contributed by atoms with Crippen LogP contribution >= 0.6 is 11.3 Å². The maximum Gasteiger partial charge on any atom is 0.264 e. The van der Waals surface area contributed by atoms with E-state index >= 15 is 0 Å². The number of nitrogens with zero attached hydrogens (tertiary/aromatic N) is 3. The monoisotopic (exact) mass is 998 g/mol. The molecule has 2 aliphatic heterocycles. The maximum absolute atomic E-state index is 2.71. The largest absolute Gasteiger partial charge is 0.311 e. The van der Waals surface area contributed by atoms with Crippen molar-refractivity contribution in [3.8, 4) is 11.1 Å². The Balaban J connectivity index is 1.29. The summed E-state index contributed by atoms with van der Waals surface area (Å²) in [5, 5.41) is 1.31. The van der Waals surface area contributed by atoms with Gasteiger partial charge in [-0.3, -0.25) is 0 Å². The number of para-hydroxylation sites is 2. The normalized spacial score (nSPS) is 15.6. The van der Waals surface area contributed by atoms with Crippen molar-refractivity contribution in [2.75, 3.05) is 14.7 Å². The molecule has 12 rings (SSSR count). The highest BCUT2D eigenvalue weighted by molar-refractivity contribution is 7.33. The molecule has 0 atom stereocenters. The topological polar surface area (TPSA) is 9.72 Å². The highest BCUT2D eigenvalue weighted by atomic mass is 32.1. The van der Waals surface area contributed by atoms with Crippen LogP contribution in [0.1, 0.15) is 131 Å². The lowest BCUT2D eigenvalue weighted by atomic mass is 9.35. The van der Waals surface area contributed by atoms with Gasteiger partial charge in [0.15, 0.2) is 0 Å². The smallest absolute Gasteiger partial charge is 0.264 e. The van der Waals surface area contributed by atoms with E-state index in [1.807, 2.05) is 11.3 Å². The summed E-state index contributed by atoms with van der Waals surface area (Å²) in [6.45, 7) is 31.0. The van der Waals surface area contributed by atoms with Gasteiger partial charge >= 0.3 is 0 Å². The summed E-state index contributed by atoms with van der Waals surface area (Å²) in [5.41, 5.74) is 22.7. The summed E-state index contributed by atoms with van der Waals surface area (Å²) >= 11 is 2.00. The van der Waals surface area contributed by atoms with Gasteiger partial charge in [-0.15, -0.1) is 11.3 Å². The van der Waals surface area contributed by atoms with Crippen LogP contribution in [0.4, 0.5) is 51.2 Å². The highest BCUT2D eigenvalue weighted by Crippen LogP contribution is 2.56. The van der Waals surface area contributed by atoms with Gasteiger partial charge in [-0.05, 0) is 157 Å². The fourth-order valence-electron chi connectivity index (χ4n) is 12.6. The fourth-order valence-corrected chi connectivity index (χ4v) is 13.9. The van der Waals surface area contributed by atoms with Crippen LogP contribution < -0.4 is 30.4 Å². The highest BCUT2D eigenvalue weighted by Gasteiger charge is 2.50. The van der Waals surface area contributed by atoms with Crippen molar-refractivity contribution in [3.05, 3.63) is 204 Å². The van der Waals surface area contributed by atoms with Gasteiger partial charge in [-0.1, -0.05) is 193 Å². The second-order valence-corrected chi connectivity index (χ2v) is 27.2. The Morgan fingerprint density at radius 3 is 1.61 bits per heavy atom. The predicted molar refractivity (Wildman–Crippen MR) is 327 cm³/mol. The van der Waals surface area contributed by atoms with E-state index in [0.717, 1.165) is 29.9 Å². The molecule has 0 fully saturated rings. The molecule has 0 radical (unpaired) electrons. The minimum Gasteiger partial charge on any atom is -0.311 e. The summed E-state index contributed by atoms with van der Waals surface area (Å²) in [6, 6.07) is 67.5. The van der Waals surface area contributed by atoms with Crippen molar-refractivity contribution in [2.24, 2.45) is 0 Å². The van der Waals surface area contributed by atoms with Gasteiger partial charge in [0.1, 0.15) is 0 Å². The summed E-state index contributed by atoms with van der Waals surface area (Å²) < 4.78 is 2.72. The molecule has 5 heteroatoms. The van der Waals surface area contributed by atoms with E-state index in [-0.39, 0.29) is 33.8 Å². The molecule has 9 aromatic rings. The van der Waals surface area contributed by atoms with Crippen molar-refractivity contribution in [1.29, 1.82) is 0 Å². The predicted octanol–water partition coefficient (Wildman–Crippen LogP) is 18.4. The molecule has 8 aromatic carbocycles. The minimum atomic E-state index is -0.0808. The van der Waals surface area contributed by atoms with Crippen molar-refractivity contribution < 1.29 is 0 Å². The maximum atomic E-state index is 2.71. The van der Waals surface area contributed by atoms with E-state index in [2.05, 4.69) is 281 Å². The number of anilines is 9. The first-order valence-corrected chi connectivity index (χ1v) is 28.2. The van der Waals surface area contributed by atoms with Gasteiger partial charge in [-0.2, -0.15) is 0 Å². The number of thiophene rings is 1. The molecule has 1 aliphatic carbocycles. The third kappa shape index (κ3) is 8.15. The minimum absolute atomic E-state index is 0.00347. The summed E-state index contributed by atoms with van der Waals surface area (Å²) in [5.74, 6) is 0. The van der Waals surface area contributed by atoms with Crippen LogP contribution in [0.15, 0.2) is 176 Å². The summed E-state index contributed by atoms with van der Waals surface area (Å²) in [4.78, 5) is 7.90. The van der Waals surface area contributed by atoms with Crippen LogP contribution in [-0.4, -0.2) is 6.71 Å². The average molecular weight is 998 g/mol. The SMILES string of the molecule is CC(C)(C)c1ccc(N2c3cc(N(c4ccccc4)c4ccccc4)cc4c3B(c3ccc5c(c32)C(C)(C)CCC5(C)C)c2sc3ccc(C(C)(C)C)cc3c2N4c2ccc(C(C)(C)C)cc2-c2ccccc2)cc1. The fraction of sp³-hybridized carbons (Fsp3) is 0.286. The number of hydrogen-bond acceptors (Lipinski definition) is 4. The molecular formula is C70H72BN3S. The zero-order valence-electron chi connectivity index (χ0n) is 46.5. The van der Waals surface area contributed by atoms with Crippen molar-refractivity contribution in [2.45, 2.75) is 130 Å². The van der Waals surface area contributed by atoms with Crippen molar-refractivity contribution in [1.82, 2.24) is 0 Å². The molecule has 0 spiro atoms. The number of fused-ring (bicyclic) bond motifs is 8. The number of benzene rings is 8. The Hall–Kier alpha value is -6.82. The molecule has 0 saturated heterocycles. The first kappa shape index (κ1) is 49.1.